The number of halogens is 2. The predicted molar refractivity (Wildman–Crippen MR) is 71.8 cm³/mol. The maximum atomic E-state index is 13.0. The molecule has 2 amide bonds. The lowest BCUT2D eigenvalue weighted by Gasteiger charge is -2.40. The van der Waals surface area contributed by atoms with Crippen LogP contribution in [0.2, 0.25) is 5.02 Å². The van der Waals surface area contributed by atoms with Gasteiger partial charge in [-0.15, -0.1) is 0 Å². The lowest BCUT2D eigenvalue weighted by atomic mass is 9.69. The molecule has 0 saturated heterocycles. The van der Waals surface area contributed by atoms with Crippen molar-refractivity contribution in [2.45, 2.75) is 19.3 Å². The zero-order valence-corrected chi connectivity index (χ0v) is 11.1. The van der Waals surface area contributed by atoms with Crippen molar-refractivity contribution in [1.82, 2.24) is 5.32 Å². The molecule has 1 aromatic carbocycles. The zero-order chi connectivity index (χ0) is 13.9. The second kappa shape index (κ2) is 5.75. The first kappa shape index (κ1) is 14.1. The summed E-state index contributed by atoms with van der Waals surface area (Å²) in [5.74, 6) is -0.467. The van der Waals surface area contributed by atoms with Gasteiger partial charge in [0.25, 0.3) is 0 Å². The number of rotatable bonds is 4. The normalized spacial score (nSPS) is 16.6. The van der Waals surface area contributed by atoms with Crippen molar-refractivity contribution in [2.24, 2.45) is 5.41 Å². The van der Waals surface area contributed by atoms with Gasteiger partial charge in [0.2, 0.25) is 0 Å². The number of anilines is 1. The molecule has 104 valence electrons. The number of benzene rings is 1. The van der Waals surface area contributed by atoms with E-state index in [4.69, 9.17) is 11.6 Å². The van der Waals surface area contributed by atoms with Crippen molar-refractivity contribution in [3.05, 3.63) is 29.0 Å². The Morgan fingerprint density at radius 3 is 2.79 bits per heavy atom. The summed E-state index contributed by atoms with van der Waals surface area (Å²) in [6.07, 6.45) is 2.88. The number of hydrogen-bond donors (Lipinski definition) is 3. The van der Waals surface area contributed by atoms with Gasteiger partial charge < -0.3 is 15.7 Å². The molecule has 1 aliphatic carbocycles. The molecule has 0 aliphatic heterocycles. The maximum absolute atomic E-state index is 13.0. The summed E-state index contributed by atoms with van der Waals surface area (Å²) in [6.45, 7) is 0.469. The van der Waals surface area contributed by atoms with Crippen LogP contribution in [0, 0.1) is 11.2 Å². The molecule has 1 saturated carbocycles. The molecule has 3 N–H and O–H groups in total. The minimum atomic E-state index is -0.467. The van der Waals surface area contributed by atoms with Gasteiger partial charge in [-0.2, -0.15) is 0 Å². The number of amides is 2. The molecular weight excluding hydrogens is 271 g/mol. The summed E-state index contributed by atoms with van der Waals surface area (Å²) in [6, 6.07) is 3.31. The van der Waals surface area contributed by atoms with Gasteiger partial charge in [0.1, 0.15) is 5.82 Å². The van der Waals surface area contributed by atoms with Gasteiger partial charge in [-0.25, -0.2) is 9.18 Å². The Bertz CT molecular complexity index is 472. The summed E-state index contributed by atoms with van der Waals surface area (Å²) in [7, 11) is 0. The number of carbonyl (C=O) groups is 1. The zero-order valence-electron chi connectivity index (χ0n) is 10.4. The number of aliphatic hydroxyl groups excluding tert-OH is 1. The fourth-order valence-corrected chi connectivity index (χ4v) is 2.26. The standard InChI is InChI=1S/C13H16ClFN2O2/c14-10-3-2-9(15)6-11(10)17-12(19)16-7-13(8-18)4-1-5-13/h2-3,6,18H,1,4-5,7-8H2,(H2,16,17,19). The highest BCUT2D eigenvalue weighted by Crippen LogP contribution is 2.39. The Kier molecular flexibility index (Phi) is 4.27. The van der Waals surface area contributed by atoms with Crippen LogP contribution in [-0.4, -0.2) is 24.3 Å². The molecule has 0 aromatic heterocycles. The molecule has 1 fully saturated rings. The molecule has 2 rings (SSSR count). The highest BCUT2D eigenvalue weighted by Gasteiger charge is 2.36. The quantitative estimate of drug-likeness (QED) is 0.797. The summed E-state index contributed by atoms with van der Waals surface area (Å²) >= 11 is 5.85. The maximum Gasteiger partial charge on any atom is 0.319 e. The van der Waals surface area contributed by atoms with Crippen LogP contribution in [0.1, 0.15) is 19.3 Å². The topological polar surface area (TPSA) is 61.4 Å². The number of hydrogen-bond acceptors (Lipinski definition) is 2. The highest BCUT2D eigenvalue weighted by atomic mass is 35.5. The molecule has 0 unspecified atom stereocenters. The summed E-state index contributed by atoms with van der Waals surface area (Å²) in [5.41, 5.74) is 0.0362. The van der Waals surface area contributed by atoms with E-state index < -0.39 is 11.8 Å². The molecule has 0 spiro atoms. The van der Waals surface area contributed by atoms with Gasteiger partial charge in [0.05, 0.1) is 17.3 Å². The van der Waals surface area contributed by atoms with Crippen molar-refractivity contribution < 1.29 is 14.3 Å². The first-order chi connectivity index (χ1) is 9.04. The van der Waals surface area contributed by atoms with Gasteiger partial charge in [0.15, 0.2) is 0 Å². The molecule has 0 heterocycles. The van der Waals surface area contributed by atoms with Crippen molar-refractivity contribution in [3.8, 4) is 0 Å². The summed E-state index contributed by atoms with van der Waals surface area (Å²) < 4.78 is 13.0. The Morgan fingerprint density at radius 2 is 2.21 bits per heavy atom. The predicted octanol–water partition coefficient (Wildman–Crippen LogP) is 2.76. The van der Waals surface area contributed by atoms with Crippen LogP contribution in [0.4, 0.5) is 14.9 Å². The van der Waals surface area contributed by atoms with Gasteiger partial charge in [0, 0.05) is 12.0 Å². The van der Waals surface area contributed by atoms with E-state index in [2.05, 4.69) is 10.6 Å². The number of nitrogens with one attached hydrogen (secondary N) is 2. The average Bonchev–Trinajstić information content (AvgIpc) is 2.33. The second-order valence-corrected chi connectivity index (χ2v) is 5.35. The summed E-state index contributed by atoms with van der Waals surface area (Å²) in [4.78, 5) is 11.7. The van der Waals surface area contributed by atoms with Crippen molar-refractivity contribution in [2.75, 3.05) is 18.5 Å². The van der Waals surface area contributed by atoms with Crippen LogP contribution < -0.4 is 10.6 Å². The van der Waals surface area contributed by atoms with Gasteiger partial charge in [-0.1, -0.05) is 18.0 Å². The lowest BCUT2D eigenvalue weighted by molar-refractivity contribution is 0.0476. The Labute approximate surface area is 116 Å². The Morgan fingerprint density at radius 1 is 1.47 bits per heavy atom. The Hall–Kier alpha value is -1.33. The van der Waals surface area contributed by atoms with E-state index in [0.29, 0.717) is 6.54 Å². The first-order valence-electron chi connectivity index (χ1n) is 6.15. The van der Waals surface area contributed by atoms with Crippen LogP contribution >= 0.6 is 11.6 Å². The minimum Gasteiger partial charge on any atom is -0.396 e. The fourth-order valence-electron chi connectivity index (χ4n) is 2.10. The highest BCUT2D eigenvalue weighted by molar-refractivity contribution is 6.33. The van der Waals surface area contributed by atoms with Gasteiger partial charge >= 0.3 is 6.03 Å². The van der Waals surface area contributed by atoms with Crippen LogP contribution in [0.5, 0.6) is 0 Å². The molecule has 0 bridgehead atoms. The minimum absolute atomic E-state index is 0.0635. The Balaban J connectivity index is 1.89. The molecule has 4 nitrogen and oxygen atoms in total. The fraction of sp³-hybridized carbons (Fsp3) is 0.462. The van der Waals surface area contributed by atoms with Crippen molar-refractivity contribution in [1.29, 1.82) is 0 Å². The monoisotopic (exact) mass is 286 g/mol. The third-order valence-electron chi connectivity index (χ3n) is 3.55. The van der Waals surface area contributed by atoms with E-state index in [1.165, 1.54) is 12.1 Å². The molecule has 0 atom stereocenters. The van der Waals surface area contributed by atoms with Crippen molar-refractivity contribution in [3.63, 3.8) is 0 Å². The molecule has 6 heteroatoms. The van der Waals surface area contributed by atoms with Crippen LogP contribution in [0.15, 0.2) is 18.2 Å². The molecule has 0 radical (unpaired) electrons. The van der Waals surface area contributed by atoms with Crippen LogP contribution in [0.25, 0.3) is 0 Å². The van der Waals surface area contributed by atoms with E-state index in [1.54, 1.807) is 0 Å². The summed E-state index contributed by atoms with van der Waals surface area (Å²) in [5, 5.41) is 14.7. The second-order valence-electron chi connectivity index (χ2n) is 4.94. The van der Waals surface area contributed by atoms with E-state index in [9.17, 15) is 14.3 Å². The number of carbonyl (C=O) groups excluding carboxylic acids is 1. The molecule has 19 heavy (non-hydrogen) atoms. The smallest absolute Gasteiger partial charge is 0.319 e. The number of aliphatic hydroxyl groups is 1. The third kappa shape index (κ3) is 3.36. The molecule has 1 aromatic rings. The molecular formula is C13H16ClFN2O2. The van der Waals surface area contributed by atoms with Gasteiger partial charge in [-0.3, -0.25) is 0 Å². The lowest BCUT2D eigenvalue weighted by Crippen LogP contribution is -2.45. The van der Waals surface area contributed by atoms with E-state index >= 15 is 0 Å². The van der Waals surface area contributed by atoms with Crippen LogP contribution in [0.3, 0.4) is 0 Å². The van der Waals surface area contributed by atoms with E-state index in [0.717, 1.165) is 25.3 Å². The number of urea groups is 1. The SMILES string of the molecule is O=C(NCC1(CO)CCC1)Nc1cc(F)ccc1Cl. The van der Waals surface area contributed by atoms with E-state index in [-0.39, 0.29) is 22.7 Å². The molecule has 1 aliphatic rings. The van der Waals surface area contributed by atoms with Gasteiger partial charge in [-0.05, 0) is 31.0 Å². The van der Waals surface area contributed by atoms with Crippen LogP contribution in [-0.2, 0) is 0 Å². The first-order valence-corrected chi connectivity index (χ1v) is 6.53. The largest absolute Gasteiger partial charge is 0.396 e. The van der Waals surface area contributed by atoms with E-state index in [1.807, 2.05) is 0 Å². The average molecular weight is 287 g/mol. The third-order valence-corrected chi connectivity index (χ3v) is 3.88. The van der Waals surface area contributed by atoms with Crippen molar-refractivity contribution >= 4 is 23.3 Å².